The summed E-state index contributed by atoms with van der Waals surface area (Å²) in [4.78, 5) is 37.8. The smallest absolute Gasteiger partial charge is 0.306 e. The van der Waals surface area contributed by atoms with Crippen LogP contribution in [0.1, 0.15) is 136 Å². The third-order valence-corrected chi connectivity index (χ3v) is 8.64. The quantitative estimate of drug-likeness (QED) is 0.0202. The molecule has 63 heavy (non-hydrogen) atoms. The van der Waals surface area contributed by atoms with Gasteiger partial charge in [-0.25, -0.2) is 0 Å². The first-order chi connectivity index (χ1) is 31.0. The number of carbonyl (C=O) groups is 3. The summed E-state index contributed by atoms with van der Waals surface area (Å²) in [5.74, 6) is -1.16. The van der Waals surface area contributed by atoms with Crippen LogP contribution in [0, 0.1) is 0 Å². The molecule has 0 saturated heterocycles. The predicted octanol–water partition coefficient (Wildman–Crippen LogP) is 15.4. The molecule has 0 N–H and O–H groups in total. The van der Waals surface area contributed by atoms with Gasteiger partial charge in [-0.3, -0.25) is 14.4 Å². The Kier molecular flexibility index (Phi) is 44.9. The minimum absolute atomic E-state index is 0.158. The van der Waals surface area contributed by atoms with Crippen molar-refractivity contribution >= 4 is 17.9 Å². The molecule has 0 aromatic carbocycles. The van der Waals surface area contributed by atoms with Gasteiger partial charge in [-0.1, -0.05) is 209 Å². The molecule has 6 nitrogen and oxygen atoms in total. The van der Waals surface area contributed by atoms with Crippen molar-refractivity contribution < 1.29 is 28.6 Å². The molecule has 0 radical (unpaired) electrons. The zero-order valence-corrected chi connectivity index (χ0v) is 39.0. The number of rotatable bonds is 38. The Bertz CT molecular complexity index is 1600. The Balaban J connectivity index is 4.68. The van der Waals surface area contributed by atoms with Gasteiger partial charge in [-0.15, -0.1) is 0 Å². The zero-order chi connectivity index (χ0) is 45.8. The molecule has 0 aliphatic rings. The molecule has 1 unspecified atom stereocenters. The standard InChI is InChI=1S/C57H80O6/c1-4-7-10-13-16-19-22-25-26-27-28-29-30-33-35-38-41-44-47-50-56(59)62-53-54(63-57(60)51-48-45-42-39-36-32-24-21-18-15-12-9-6-3)52-61-55(58)49-46-43-40-37-34-31-23-20-17-14-11-8-5-2/h7-12,14-21,23-26,28-29,31-37,39-40,42,54H,4-6,13,22,27,30,38,41,43-53H2,1-3H3/b10-7+,11-8+,12-9+,17-14+,18-15+,19-16+,23-20+,24-21+,26-25+,29-28+,34-31+,35-33+,36-32+,40-37+,42-39+. The van der Waals surface area contributed by atoms with Crippen LogP contribution in [0.3, 0.4) is 0 Å². The van der Waals surface area contributed by atoms with E-state index in [1.54, 1.807) is 0 Å². The topological polar surface area (TPSA) is 78.9 Å². The van der Waals surface area contributed by atoms with Crippen LogP contribution < -0.4 is 0 Å². The highest BCUT2D eigenvalue weighted by atomic mass is 16.6. The molecule has 0 aromatic rings. The van der Waals surface area contributed by atoms with E-state index >= 15 is 0 Å². The first-order valence-electron chi connectivity index (χ1n) is 23.4. The predicted molar refractivity (Wildman–Crippen MR) is 269 cm³/mol. The molecule has 0 aliphatic carbocycles. The number of ether oxygens (including phenoxy) is 3. The minimum atomic E-state index is -0.867. The van der Waals surface area contributed by atoms with E-state index in [2.05, 4.69) is 93.7 Å². The number of hydrogen-bond acceptors (Lipinski definition) is 6. The molecule has 1 atom stereocenters. The van der Waals surface area contributed by atoms with Crippen molar-refractivity contribution in [2.24, 2.45) is 0 Å². The van der Waals surface area contributed by atoms with Gasteiger partial charge in [0.05, 0.1) is 0 Å². The molecular weight excluding hydrogens is 781 g/mol. The molecule has 0 spiro atoms. The molecule has 0 amide bonds. The third kappa shape index (κ3) is 47.4. The van der Waals surface area contributed by atoms with Gasteiger partial charge >= 0.3 is 17.9 Å². The van der Waals surface area contributed by atoms with Crippen LogP contribution in [0.15, 0.2) is 182 Å². The van der Waals surface area contributed by atoms with Crippen molar-refractivity contribution in [1.82, 2.24) is 0 Å². The summed E-state index contributed by atoms with van der Waals surface area (Å²) >= 11 is 0. The first kappa shape index (κ1) is 57.5. The molecule has 0 bridgehead atoms. The lowest BCUT2D eigenvalue weighted by Crippen LogP contribution is -2.30. The van der Waals surface area contributed by atoms with Crippen LogP contribution in [-0.2, 0) is 28.6 Å². The van der Waals surface area contributed by atoms with Gasteiger partial charge in [-0.2, -0.15) is 0 Å². The van der Waals surface area contributed by atoms with Gasteiger partial charge in [-0.05, 0) is 89.9 Å². The average Bonchev–Trinajstić information content (AvgIpc) is 3.28. The highest BCUT2D eigenvalue weighted by molar-refractivity contribution is 5.71. The zero-order valence-electron chi connectivity index (χ0n) is 39.0. The molecule has 0 heterocycles. The first-order valence-corrected chi connectivity index (χ1v) is 23.4. The average molecular weight is 861 g/mol. The van der Waals surface area contributed by atoms with Crippen LogP contribution in [-0.4, -0.2) is 37.2 Å². The summed E-state index contributed by atoms with van der Waals surface area (Å²) in [7, 11) is 0. The van der Waals surface area contributed by atoms with Crippen molar-refractivity contribution in [3.63, 3.8) is 0 Å². The van der Waals surface area contributed by atoms with Crippen LogP contribution in [0.5, 0.6) is 0 Å². The molecule has 0 rings (SSSR count). The molecule has 344 valence electrons. The van der Waals surface area contributed by atoms with E-state index in [0.717, 1.165) is 70.6 Å². The summed E-state index contributed by atoms with van der Waals surface area (Å²) in [6, 6.07) is 0. The third-order valence-electron chi connectivity index (χ3n) is 8.64. The monoisotopic (exact) mass is 861 g/mol. The number of carbonyl (C=O) groups excluding carboxylic acids is 3. The summed E-state index contributed by atoms with van der Waals surface area (Å²) in [5, 5.41) is 0. The lowest BCUT2D eigenvalue weighted by molar-refractivity contribution is -0.167. The Morgan fingerprint density at radius 1 is 0.333 bits per heavy atom. The van der Waals surface area contributed by atoms with Crippen molar-refractivity contribution in [2.45, 2.75) is 142 Å². The van der Waals surface area contributed by atoms with Crippen LogP contribution in [0.2, 0.25) is 0 Å². The second-order valence-electron chi connectivity index (χ2n) is 14.4. The highest BCUT2D eigenvalue weighted by Gasteiger charge is 2.19. The van der Waals surface area contributed by atoms with Gasteiger partial charge in [0.15, 0.2) is 6.10 Å². The van der Waals surface area contributed by atoms with E-state index in [4.69, 9.17) is 14.2 Å². The second-order valence-corrected chi connectivity index (χ2v) is 14.4. The summed E-state index contributed by atoms with van der Waals surface area (Å²) in [5.41, 5.74) is 0. The maximum atomic E-state index is 12.7. The normalized spacial score (nSPS) is 13.8. The van der Waals surface area contributed by atoms with Crippen LogP contribution >= 0.6 is 0 Å². The van der Waals surface area contributed by atoms with E-state index in [1.807, 2.05) is 109 Å². The van der Waals surface area contributed by atoms with Crippen molar-refractivity contribution in [3.8, 4) is 0 Å². The Morgan fingerprint density at radius 3 is 1.10 bits per heavy atom. The Hall–Kier alpha value is -5.49. The van der Waals surface area contributed by atoms with Gasteiger partial charge in [0.25, 0.3) is 0 Å². The van der Waals surface area contributed by atoms with Crippen molar-refractivity contribution in [3.05, 3.63) is 182 Å². The summed E-state index contributed by atoms with van der Waals surface area (Å²) < 4.78 is 16.6. The molecule has 0 aliphatic heterocycles. The Morgan fingerprint density at radius 2 is 0.667 bits per heavy atom. The summed E-state index contributed by atoms with van der Waals surface area (Å²) in [6.45, 7) is 6.02. The fourth-order valence-electron chi connectivity index (χ4n) is 5.23. The molecule has 6 heteroatoms. The molecule has 0 saturated carbocycles. The number of unbranched alkanes of at least 4 members (excludes halogenated alkanes) is 5. The van der Waals surface area contributed by atoms with E-state index in [9.17, 15) is 14.4 Å². The minimum Gasteiger partial charge on any atom is -0.462 e. The van der Waals surface area contributed by atoms with E-state index < -0.39 is 12.1 Å². The summed E-state index contributed by atoms with van der Waals surface area (Å²) in [6.07, 6.45) is 74.6. The largest absolute Gasteiger partial charge is 0.462 e. The van der Waals surface area contributed by atoms with E-state index in [1.165, 1.54) is 0 Å². The molecule has 0 aromatic heterocycles. The molecular formula is C57H80O6. The van der Waals surface area contributed by atoms with Gasteiger partial charge in [0, 0.05) is 19.3 Å². The number of esters is 3. The fourth-order valence-corrected chi connectivity index (χ4v) is 5.23. The molecule has 0 fully saturated rings. The maximum Gasteiger partial charge on any atom is 0.306 e. The highest BCUT2D eigenvalue weighted by Crippen LogP contribution is 2.09. The second kappa shape index (κ2) is 49.2. The Labute approximate surface area is 383 Å². The van der Waals surface area contributed by atoms with Gasteiger partial charge < -0.3 is 14.2 Å². The lowest BCUT2D eigenvalue weighted by atomic mass is 10.1. The maximum absolute atomic E-state index is 12.7. The SMILES string of the molecule is CC/C=C/C=C/C=C/C=C/C=C/CCCC(=O)OCC(COC(=O)CCCCC/C=C/C/C=C/C/C=C/C/C=C/C/C=C/CC)OC(=O)CCC/C=C/C=C/C=C/C=C/C=C/CC. The van der Waals surface area contributed by atoms with Crippen molar-refractivity contribution in [1.29, 1.82) is 0 Å². The number of hydrogen-bond donors (Lipinski definition) is 0. The fraction of sp³-hybridized carbons (Fsp3) is 0.421. The van der Waals surface area contributed by atoms with Gasteiger partial charge in [0.2, 0.25) is 0 Å². The van der Waals surface area contributed by atoms with E-state index in [0.29, 0.717) is 25.7 Å². The van der Waals surface area contributed by atoms with E-state index in [-0.39, 0.29) is 44.4 Å². The number of allylic oxidation sites excluding steroid dienone is 30. The van der Waals surface area contributed by atoms with Crippen LogP contribution in [0.4, 0.5) is 0 Å². The van der Waals surface area contributed by atoms with Crippen molar-refractivity contribution in [2.75, 3.05) is 13.2 Å². The van der Waals surface area contributed by atoms with Crippen LogP contribution in [0.25, 0.3) is 0 Å². The van der Waals surface area contributed by atoms with Gasteiger partial charge in [0.1, 0.15) is 13.2 Å². The lowest BCUT2D eigenvalue weighted by Gasteiger charge is -2.18.